The second-order valence-electron chi connectivity index (χ2n) is 6.41. The van der Waals surface area contributed by atoms with Crippen LogP contribution in [0.5, 0.6) is 0 Å². The average Bonchev–Trinajstić information content (AvgIpc) is 3.10. The van der Waals surface area contributed by atoms with Gasteiger partial charge in [0.25, 0.3) is 0 Å². The first-order valence-electron chi connectivity index (χ1n) is 7.53. The van der Waals surface area contributed by atoms with Crippen LogP contribution in [-0.4, -0.2) is 15.8 Å². The van der Waals surface area contributed by atoms with Gasteiger partial charge < -0.3 is 5.32 Å². The standard InChI is InChI=1S/C15H25N3/c1-11(2)18-10-15(9-16-18)17-14-5-3-4-13(8-14)12-6-7-12/h9-14,17H,3-8H2,1-2H3. The van der Waals surface area contributed by atoms with Gasteiger partial charge in [-0.15, -0.1) is 0 Å². The van der Waals surface area contributed by atoms with E-state index in [0.717, 1.165) is 11.8 Å². The van der Waals surface area contributed by atoms with Crippen molar-refractivity contribution in [1.82, 2.24) is 9.78 Å². The van der Waals surface area contributed by atoms with Gasteiger partial charge >= 0.3 is 0 Å². The molecule has 1 aromatic rings. The Labute approximate surface area is 110 Å². The maximum absolute atomic E-state index is 4.40. The van der Waals surface area contributed by atoms with Crippen LogP contribution < -0.4 is 5.32 Å². The molecule has 0 aliphatic heterocycles. The first-order chi connectivity index (χ1) is 8.72. The number of rotatable bonds is 4. The molecule has 3 rings (SSSR count). The van der Waals surface area contributed by atoms with Crippen LogP contribution in [0.15, 0.2) is 12.4 Å². The molecule has 1 aromatic heterocycles. The molecular formula is C15H25N3. The SMILES string of the molecule is CC(C)n1cc(NC2CCCC(C3CC3)C2)cn1. The lowest BCUT2D eigenvalue weighted by Gasteiger charge is -2.30. The van der Waals surface area contributed by atoms with Gasteiger partial charge in [0.15, 0.2) is 0 Å². The van der Waals surface area contributed by atoms with E-state index in [-0.39, 0.29) is 0 Å². The van der Waals surface area contributed by atoms with Crippen molar-refractivity contribution in [2.45, 2.75) is 64.5 Å². The molecule has 0 spiro atoms. The number of anilines is 1. The fraction of sp³-hybridized carbons (Fsp3) is 0.800. The van der Waals surface area contributed by atoms with Crippen LogP contribution in [0.4, 0.5) is 5.69 Å². The Balaban J connectivity index is 1.57. The molecule has 2 atom stereocenters. The molecule has 1 heterocycles. The summed E-state index contributed by atoms with van der Waals surface area (Å²) in [7, 11) is 0. The Morgan fingerprint density at radius 2 is 2.06 bits per heavy atom. The smallest absolute Gasteiger partial charge is 0.0728 e. The Bertz CT molecular complexity index is 392. The fourth-order valence-electron chi connectivity index (χ4n) is 3.29. The Morgan fingerprint density at radius 3 is 2.72 bits per heavy atom. The highest BCUT2D eigenvalue weighted by atomic mass is 15.3. The molecule has 0 aromatic carbocycles. The molecule has 2 aliphatic carbocycles. The molecule has 0 amide bonds. The second kappa shape index (κ2) is 4.94. The van der Waals surface area contributed by atoms with Gasteiger partial charge in [0.1, 0.15) is 0 Å². The maximum Gasteiger partial charge on any atom is 0.0728 e. The minimum atomic E-state index is 0.450. The van der Waals surface area contributed by atoms with E-state index in [1.807, 2.05) is 10.9 Å². The summed E-state index contributed by atoms with van der Waals surface area (Å²) in [5.74, 6) is 2.06. The molecule has 0 bridgehead atoms. The van der Waals surface area contributed by atoms with Crippen LogP contribution in [0.3, 0.4) is 0 Å². The lowest BCUT2D eigenvalue weighted by Crippen LogP contribution is -2.28. The second-order valence-corrected chi connectivity index (χ2v) is 6.41. The highest BCUT2D eigenvalue weighted by molar-refractivity contribution is 5.39. The summed E-state index contributed by atoms with van der Waals surface area (Å²) in [5.41, 5.74) is 1.20. The zero-order valence-electron chi connectivity index (χ0n) is 11.6. The van der Waals surface area contributed by atoms with Crippen LogP contribution in [0.25, 0.3) is 0 Å². The van der Waals surface area contributed by atoms with E-state index >= 15 is 0 Å². The zero-order valence-corrected chi connectivity index (χ0v) is 11.6. The van der Waals surface area contributed by atoms with Gasteiger partial charge in [-0.2, -0.15) is 5.10 Å². The average molecular weight is 247 g/mol. The number of nitrogens with zero attached hydrogens (tertiary/aromatic N) is 2. The van der Waals surface area contributed by atoms with Crippen molar-refractivity contribution in [3.05, 3.63) is 12.4 Å². The van der Waals surface area contributed by atoms with Crippen molar-refractivity contribution in [2.24, 2.45) is 11.8 Å². The van der Waals surface area contributed by atoms with Crippen LogP contribution in [0, 0.1) is 11.8 Å². The van der Waals surface area contributed by atoms with Gasteiger partial charge in [0, 0.05) is 18.3 Å². The predicted octanol–water partition coefficient (Wildman–Crippen LogP) is 3.84. The first kappa shape index (κ1) is 12.1. The molecule has 100 valence electrons. The largest absolute Gasteiger partial charge is 0.380 e. The van der Waals surface area contributed by atoms with E-state index in [9.17, 15) is 0 Å². The summed E-state index contributed by atoms with van der Waals surface area (Å²) in [6.07, 6.45) is 12.7. The van der Waals surface area contributed by atoms with Gasteiger partial charge in [-0.1, -0.05) is 12.8 Å². The van der Waals surface area contributed by atoms with Crippen LogP contribution >= 0.6 is 0 Å². The van der Waals surface area contributed by atoms with Gasteiger partial charge in [0.05, 0.1) is 11.9 Å². The van der Waals surface area contributed by atoms with E-state index < -0.39 is 0 Å². The molecule has 3 nitrogen and oxygen atoms in total. The lowest BCUT2D eigenvalue weighted by molar-refractivity contribution is 0.303. The number of hydrogen-bond acceptors (Lipinski definition) is 2. The third kappa shape index (κ3) is 2.70. The molecule has 2 saturated carbocycles. The molecular weight excluding hydrogens is 222 g/mol. The van der Waals surface area contributed by atoms with Crippen molar-refractivity contribution in [1.29, 1.82) is 0 Å². The third-order valence-corrected chi connectivity index (χ3v) is 4.50. The van der Waals surface area contributed by atoms with Gasteiger partial charge in [-0.05, 0) is 51.4 Å². The minimum absolute atomic E-state index is 0.450. The van der Waals surface area contributed by atoms with Crippen molar-refractivity contribution in [2.75, 3.05) is 5.32 Å². The normalized spacial score (nSPS) is 28.6. The molecule has 0 saturated heterocycles. The molecule has 2 fully saturated rings. The van der Waals surface area contributed by atoms with E-state index in [4.69, 9.17) is 0 Å². The molecule has 18 heavy (non-hydrogen) atoms. The van der Waals surface area contributed by atoms with Crippen LogP contribution in [0.1, 0.15) is 58.4 Å². The van der Waals surface area contributed by atoms with Crippen molar-refractivity contribution in [3.63, 3.8) is 0 Å². The predicted molar refractivity (Wildman–Crippen MR) is 74.7 cm³/mol. The lowest BCUT2D eigenvalue weighted by atomic mass is 9.82. The van der Waals surface area contributed by atoms with E-state index in [2.05, 4.69) is 30.5 Å². The van der Waals surface area contributed by atoms with Crippen molar-refractivity contribution in [3.8, 4) is 0 Å². The number of aromatic nitrogens is 2. The fourth-order valence-corrected chi connectivity index (χ4v) is 3.29. The van der Waals surface area contributed by atoms with E-state index in [1.54, 1.807) is 0 Å². The Hall–Kier alpha value is -0.990. The first-order valence-corrected chi connectivity index (χ1v) is 7.53. The summed E-state index contributed by atoms with van der Waals surface area (Å²) >= 11 is 0. The summed E-state index contributed by atoms with van der Waals surface area (Å²) in [4.78, 5) is 0. The Kier molecular flexibility index (Phi) is 3.31. The highest BCUT2D eigenvalue weighted by Crippen LogP contribution is 2.44. The summed E-state index contributed by atoms with van der Waals surface area (Å²) in [6.45, 7) is 4.33. The van der Waals surface area contributed by atoms with E-state index in [0.29, 0.717) is 12.1 Å². The molecule has 3 heteroatoms. The van der Waals surface area contributed by atoms with Gasteiger partial charge in [-0.3, -0.25) is 4.68 Å². The molecule has 0 radical (unpaired) electrons. The van der Waals surface area contributed by atoms with Crippen molar-refractivity contribution >= 4 is 5.69 Å². The summed E-state index contributed by atoms with van der Waals surface area (Å²) in [5, 5.41) is 8.09. The molecule has 2 aliphatic rings. The van der Waals surface area contributed by atoms with Gasteiger partial charge in [-0.25, -0.2) is 0 Å². The maximum atomic E-state index is 4.40. The quantitative estimate of drug-likeness (QED) is 0.876. The summed E-state index contributed by atoms with van der Waals surface area (Å²) < 4.78 is 2.03. The number of hydrogen-bond donors (Lipinski definition) is 1. The third-order valence-electron chi connectivity index (χ3n) is 4.50. The number of nitrogens with one attached hydrogen (secondary N) is 1. The Morgan fingerprint density at radius 1 is 1.22 bits per heavy atom. The topological polar surface area (TPSA) is 29.9 Å². The van der Waals surface area contributed by atoms with E-state index in [1.165, 1.54) is 44.2 Å². The monoisotopic (exact) mass is 247 g/mol. The molecule has 1 N–H and O–H groups in total. The minimum Gasteiger partial charge on any atom is -0.380 e. The molecule has 2 unspecified atom stereocenters. The van der Waals surface area contributed by atoms with Crippen LogP contribution in [0.2, 0.25) is 0 Å². The summed E-state index contributed by atoms with van der Waals surface area (Å²) in [6, 6.07) is 1.13. The van der Waals surface area contributed by atoms with Crippen LogP contribution in [-0.2, 0) is 0 Å². The van der Waals surface area contributed by atoms with Crippen molar-refractivity contribution < 1.29 is 0 Å². The zero-order chi connectivity index (χ0) is 12.5. The highest BCUT2D eigenvalue weighted by Gasteiger charge is 2.34. The van der Waals surface area contributed by atoms with Gasteiger partial charge in [0.2, 0.25) is 0 Å².